The van der Waals surface area contributed by atoms with E-state index >= 15 is 0 Å². The molecule has 1 unspecified atom stereocenters. The van der Waals surface area contributed by atoms with Gasteiger partial charge in [-0.25, -0.2) is 4.79 Å². The van der Waals surface area contributed by atoms with E-state index in [4.69, 9.17) is 39.4 Å². The predicted octanol–water partition coefficient (Wildman–Crippen LogP) is 4.63. The largest absolute Gasteiger partial charge is 0.481 e. The molecule has 12 nitrogen and oxygen atoms in total. The van der Waals surface area contributed by atoms with Crippen molar-refractivity contribution < 1.29 is 53.8 Å². The van der Waals surface area contributed by atoms with E-state index in [1.54, 1.807) is 0 Å². The lowest BCUT2D eigenvalue weighted by Gasteiger charge is -2.36. The number of hydrogen-bond donors (Lipinski definition) is 4. The van der Waals surface area contributed by atoms with Crippen molar-refractivity contribution in [2.75, 3.05) is 13.1 Å². The summed E-state index contributed by atoms with van der Waals surface area (Å²) in [5.74, 6) is -1.09. The molecular formula is C32H43NO11. The van der Waals surface area contributed by atoms with Crippen LogP contribution in [-0.2, 0) is 14.4 Å². The van der Waals surface area contributed by atoms with E-state index < -0.39 is 36.4 Å². The lowest BCUT2D eigenvalue weighted by atomic mass is 9.87. The molecule has 2 aliphatic heterocycles. The van der Waals surface area contributed by atoms with Crippen LogP contribution >= 0.6 is 0 Å². The number of aliphatic hydroxyl groups is 1. The molecule has 0 aliphatic carbocycles. The van der Waals surface area contributed by atoms with Gasteiger partial charge >= 0.3 is 17.9 Å². The lowest BCUT2D eigenvalue weighted by molar-refractivity contribution is -0.170. The SMILES string of the molecule is CCC(C(CCC1Oc2ccccc2O1)CCC1Oc2ccccc2O1)N(CC)CC.O=C(O)CC(O)(CC(=O)O)C(=O)O. The van der Waals surface area contributed by atoms with Gasteiger partial charge in [0.25, 0.3) is 0 Å². The standard InChI is InChI=1S/C26H35NO4.C6H8O7/c1-4-20(27(5-2)6-3)19(15-17-25-28-21-11-7-8-12-22(21)29-25)16-18-26-30-23-13-9-10-14-24(23)31-26;7-3(8)1-6(13,5(11)12)2-4(9)10/h7-14,19-20,25-26H,4-6,15-18H2,1-3H3;13H,1-2H2,(H,7,8)(H,9,10)(H,11,12). The minimum absolute atomic E-state index is 0.197. The maximum absolute atomic E-state index is 10.3. The summed E-state index contributed by atoms with van der Waals surface area (Å²) >= 11 is 0. The van der Waals surface area contributed by atoms with Crippen molar-refractivity contribution >= 4 is 17.9 Å². The third kappa shape index (κ3) is 9.48. The second-order valence-corrected chi connectivity index (χ2v) is 10.8. The molecule has 0 amide bonds. The fourth-order valence-corrected chi connectivity index (χ4v) is 5.67. The molecule has 0 saturated carbocycles. The Morgan fingerprint density at radius 3 is 1.36 bits per heavy atom. The number of rotatable bonds is 16. The van der Waals surface area contributed by atoms with Crippen molar-refractivity contribution in [1.29, 1.82) is 0 Å². The van der Waals surface area contributed by atoms with E-state index in [-0.39, 0.29) is 12.6 Å². The van der Waals surface area contributed by atoms with Gasteiger partial charge in [0, 0.05) is 18.9 Å². The summed E-state index contributed by atoms with van der Waals surface area (Å²) in [5.41, 5.74) is -2.74. The molecule has 4 rings (SSSR count). The van der Waals surface area contributed by atoms with Gasteiger partial charge < -0.3 is 44.3 Å². The first-order valence-corrected chi connectivity index (χ1v) is 15.0. The van der Waals surface area contributed by atoms with E-state index in [1.165, 1.54) is 0 Å². The molecule has 0 aromatic heterocycles. The number of carboxylic acid groups (broad SMARTS) is 3. The highest BCUT2D eigenvalue weighted by atomic mass is 16.7. The van der Waals surface area contributed by atoms with Crippen molar-refractivity contribution in [3.05, 3.63) is 48.5 Å². The van der Waals surface area contributed by atoms with Crippen LogP contribution in [0.2, 0.25) is 0 Å². The number of benzene rings is 2. The monoisotopic (exact) mass is 617 g/mol. The van der Waals surface area contributed by atoms with Gasteiger partial charge in [-0.05, 0) is 62.5 Å². The van der Waals surface area contributed by atoms with E-state index in [1.807, 2.05) is 48.5 Å². The van der Waals surface area contributed by atoms with E-state index in [2.05, 4.69) is 25.7 Å². The molecule has 1 atom stereocenters. The van der Waals surface area contributed by atoms with Crippen molar-refractivity contribution in [2.24, 2.45) is 5.92 Å². The van der Waals surface area contributed by atoms with Gasteiger partial charge in [-0.15, -0.1) is 0 Å². The van der Waals surface area contributed by atoms with Crippen LogP contribution in [0.15, 0.2) is 48.5 Å². The second-order valence-electron chi connectivity index (χ2n) is 10.8. The molecular weight excluding hydrogens is 574 g/mol. The van der Waals surface area contributed by atoms with Gasteiger partial charge in [0.05, 0.1) is 12.8 Å². The lowest BCUT2D eigenvalue weighted by Crippen LogP contribution is -2.42. The van der Waals surface area contributed by atoms with Gasteiger partial charge in [-0.2, -0.15) is 0 Å². The zero-order chi connectivity index (χ0) is 32.3. The summed E-state index contributed by atoms with van der Waals surface area (Å²) in [4.78, 5) is 33.1. The zero-order valence-electron chi connectivity index (χ0n) is 25.4. The minimum atomic E-state index is -2.74. The summed E-state index contributed by atoms with van der Waals surface area (Å²) in [5, 5.41) is 33.8. The average Bonchev–Trinajstić information content (AvgIpc) is 3.59. The summed E-state index contributed by atoms with van der Waals surface area (Å²) in [7, 11) is 0. The van der Waals surface area contributed by atoms with Crippen LogP contribution in [0.4, 0.5) is 0 Å². The first-order chi connectivity index (χ1) is 21.0. The Hall–Kier alpha value is -4.03. The number of aliphatic carboxylic acids is 3. The van der Waals surface area contributed by atoms with Crippen LogP contribution in [0.3, 0.4) is 0 Å². The maximum atomic E-state index is 10.3. The number of para-hydroxylation sites is 4. The highest BCUT2D eigenvalue weighted by molar-refractivity contribution is 5.88. The van der Waals surface area contributed by atoms with Crippen LogP contribution in [0.1, 0.15) is 65.7 Å². The maximum Gasteiger partial charge on any atom is 0.336 e. The van der Waals surface area contributed by atoms with Crippen molar-refractivity contribution in [1.82, 2.24) is 4.90 Å². The smallest absolute Gasteiger partial charge is 0.336 e. The van der Waals surface area contributed by atoms with Crippen LogP contribution in [0.5, 0.6) is 23.0 Å². The number of carbonyl (C=O) groups is 3. The Balaban J connectivity index is 0.000000345. The Kier molecular flexibility index (Phi) is 12.7. The molecule has 2 aromatic carbocycles. The number of carboxylic acids is 3. The number of nitrogens with zero attached hydrogens (tertiary/aromatic N) is 1. The third-order valence-corrected chi connectivity index (χ3v) is 7.81. The Labute approximate surface area is 257 Å². The fraction of sp³-hybridized carbons (Fsp3) is 0.531. The minimum Gasteiger partial charge on any atom is -0.481 e. The molecule has 2 heterocycles. The molecule has 0 spiro atoms. The summed E-state index contributed by atoms with van der Waals surface area (Å²) in [6, 6.07) is 16.4. The van der Waals surface area contributed by atoms with Gasteiger partial charge in [0.1, 0.15) is 0 Å². The van der Waals surface area contributed by atoms with Gasteiger partial charge in [-0.3, -0.25) is 9.59 Å². The third-order valence-electron chi connectivity index (χ3n) is 7.81. The second kappa shape index (κ2) is 16.2. The highest BCUT2D eigenvalue weighted by Crippen LogP contribution is 2.38. The van der Waals surface area contributed by atoms with Crippen LogP contribution in [0, 0.1) is 5.92 Å². The zero-order valence-corrected chi connectivity index (χ0v) is 25.4. The van der Waals surface area contributed by atoms with Crippen molar-refractivity contribution in [3.8, 4) is 23.0 Å². The Morgan fingerprint density at radius 1 is 0.727 bits per heavy atom. The number of ether oxygens (including phenoxy) is 4. The normalized spacial score (nSPS) is 14.8. The molecule has 12 heteroatoms. The van der Waals surface area contributed by atoms with Crippen LogP contribution in [-0.4, -0.2) is 80.5 Å². The van der Waals surface area contributed by atoms with E-state index in [0.717, 1.165) is 68.2 Å². The molecule has 44 heavy (non-hydrogen) atoms. The molecule has 0 saturated heterocycles. The van der Waals surface area contributed by atoms with Gasteiger partial charge in [-0.1, -0.05) is 45.0 Å². The molecule has 242 valence electrons. The van der Waals surface area contributed by atoms with E-state index in [0.29, 0.717) is 12.0 Å². The fourth-order valence-electron chi connectivity index (χ4n) is 5.67. The topological polar surface area (TPSA) is 172 Å². The van der Waals surface area contributed by atoms with Gasteiger partial charge in [0.15, 0.2) is 28.6 Å². The predicted molar refractivity (Wildman–Crippen MR) is 159 cm³/mol. The Morgan fingerprint density at radius 2 is 1.09 bits per heavy atom. The van der Waals surface area contributed by atoms with Crippen molar-refractivity contribution in [2.45, 2.75) is 89.9 Å². The summed E-state index contributed by atoms with van der Waals surface area (Å²) in [6.07, 6.45) is 2.30. The van der Waals surface area contributed by atoms with Crippen molar-refractivity contribution in [3.63, 3.8) is 0 Å². The number of fused-ring (bicyclic) bond motifs is 2. The Bertz CT molecular complexity index is 1120. The molecule has 0 fully saturated rings. The molecule has 2 aliphatic rings. The quantitative estimate of drug-likeness (QED) is 0.206. The molecule has 0 bridgehead atoms. The molecule has 4 N–H and O–H groups in total. The number of hydrogen-bond acceptors (Lipinski definition) is 9. The summed E-state index contributed by atoms with van der Waals surface area (Å²) < 4.78 is 24.1. The van der Waals surface area contributed by atoms with Gasteiger partial charge in [0.2, 0.25) is 12.6 Å². The highest BCUT2D eigenvalue weighted by Gasteiger charge is 2.41. The van der Waals surface area contributed by atoms with E-state index in [9.17, 15) is 14.4 Å². The van der Waals surface area contributed by atoms with Crippen LogP contribution < -0.4 is 18.9 Å². The first kappa shape index (κ1) is 34.5. The molecule has 2 aromatic rings. The first-order valence-electron chi connectivity index (χ1n) is 15.0. The summed E-state index contributed by atoms with van der Waals surface area (Å²) in [6.45, 7) is 8.93. The average molecular weight is 618 g/mol. The molecule has 0 radical (unpaired) electrons. The van der Waals surface area contributed by atoms with Crippen LogP contribution in [0.25, 0.3) is 0 Å².